The number of alkyl halides is 3. The second-order valence-electron chi connectivity index (χ2n) is 2.41. The highest BCUT2D eigenvalue weighted by atomic mass is 79.9. The highest BCUT2D eigenvalue weighted by Gasteiger charge is 1.91. The molecule has 0 radical (unpaired) electrons. The van der Waals surface area contributed by atoms with E-state index in [0.29, 0.717) is 5.33 Å². The summed E-state index contributed by atoms with van der Waals surface area (Å²) in [6.45, 7) is -2.90. The average molecular weight is 283 g/mol. The van der Waals surface area contributed by atoms with Gasteiger partial charge in [-0.1, -0.05) is 45.1 Å². The van der Waals surface area contributed by atoms with Gasteiger partial charge in [-0.2, -0.15) is 19.4 Å². The molecule has 2 nitrogen and oxygen atoms in total. The molecule has 0 aliphatic rings. The highest BCUT2D eigenvalue weighted by molar-refractivity contribution is 9.08. The Balaban J connectivity index is 2.92. The predicted molar refractivity (Wildman–Crippen MR) is 53.8 cm³/mol. The minimum Gasteiger partial charge on any atom is -0.440 e. The first-order valence-electron chi connectivity index (χ1n) is 3.69. The molecule has 1 aromatic rings. The first-order chi connectivity index (χ1) is 6.63. The van der Waals surface area contributed by atoms with Crippen LogP contribution in [0.25, 0.3) is 0 Å². The Morgan fingerprint density at radius 3 is 2.36 bits per heavy atom. The van der Waals surface area contributed by atoms with Crippen molar-refractivity contribution in [3.8, 4) is 0 Å². The topological polar surface area (TPSA) is 29.4 Å². The normalized spacial score (nSPS) is 13.4. The van der Waals surface area contributed by atoms with E-state index in [-0.39, 0.29) is 4.90 Å². The third-order valence-corrected chi connectivity index (χ3v) is 3.13. The second-order valence-corrected chi connectivity index (χ2v) is 4.15. The summed E-state index contributed by atoms with van der Waals surface area (Å²) in [5.74, 6) is 0. The third-order valence-electron chi connectivity index (χ3n) is 1.45. The number of nitrogens with zero attached hydrogens (tertiary/aromatic N) is 1. The van der Waals surface area contributed by atoms with Crippen molar-refractivity contribution >= 4 is 26.5 Å². The van der Waals surface area contributed by atoms with Crippen LogP contribution in [0.3, 0.4) is 0 Å². The van der Waals surface area contributed by atoms with Gasteiger partial charge < -0.3 is 8.57 Å². The van der Waals surface area contributed by atoms with Gasteiger partial charge in [0.2, 0.25) is 0 Å². The van der Waals surface area contributed by atoms with E-state index in [1.165, 1.54) is 12.1 Å². The van der Waals surface area contributed by atoms with Crippen molar-refractivity contribution in [1.82, 2.24) is 0 Å². The van der Waals surface area contributed by atoms with Gasteiger partial charge in [-0.3, -0.25) is 0 Å². The van der Waals surface area contributed by atoms with E-state index in [4.69, 9.17) is 0 Å². The van der Waals surface area contributed by atoms with Crippen LogP contribution in [-0.2, 0) is 20.1 Å². The fraction of sp³-hybridized carbons (Fsp3) is 0.250. The number of hydrogen-bond acceptors (Lipinski definition) is 3. The Morgan fingerprint density at radius 1 is 1.36 bits per heavy atom. The van der Waals surface area contributed by atoms with Crippen LogP contribution in [0.4, 0.5) is 8.78 Å². The number of hydrogen-bond donors (Lipinski definition) is 0. The molecule has 78 valence electrons. The Hall–Kier alpha value is -0.490. The maximum atomic E-state index is 11.7. The molecule has 0 heterocycles. The predicted octanol–water partition coefficient (Wildman–Crippen LogP) is 3.31. The van der Waals surface area contributed by atoms with Gasteiger partial charge in [-0.05, 0) is 5.56 Å². The summed E-state index contributed by atoms with van der Waals surface area (Å²) in [7, 11) is -1.96. The van der Waals surface area contributed by atoms with Gasteiger partial charge in [0.15, 0.2) is 0 Å². The van der Waals surface area contributed by atoms with Crippen LogP contribution >= 0.6 is 15.9 Å². The van der Waals surface area contributed by atoms with Crippen LogP contribution in [0.2, 0.25) is 0 Å². The van der Waals surface area contributed by atoms with Crippen molar-refractivity contribution in [3.05, 3.63) is 29.8 Å². The lowest BCUT2D eigenvalue weighted by Gasteiger charge is -2.05. The molecule has 0 bridgehead atoms. The van der Waals surface area contributed by atoms with Crippen molar-refractivity contribution in [2.75, 3.05) is 0 Å². The minimum atomic E-state index is -2.90. The van der Waals surface area contributed by atoms with Gasteiger partial charge in [0.25, 0.3) is 0 Å². The molecule has 1 aromatic carbocycles. The van der Waals surface area contributed by atoms with Crippen LogP contribution < -0.4 is 0 Å². The lowest BCUT2D eigenvalue weighted by molar-refractivity contribution is 0.162. The van der Waals surface area contributed by atoms with E-state index >= 15 is 0 Å². The summed E-state index contributed by atoms with van der Waals surface area (Å²) in [4.78, 5) is 0.287. The maximum absolute atomic E-state index is 11.7. The monoisotopic (exact) mass is 282 g/mol. The smallest absolute Gasteiger partial charge is 0.311 e. The lowest BCUT2D eigenvalue weighted by Crippen LogP contribution is -1.86. The molecule has 0 amide bonds. The first kappa shape index (κ1) is 11.6. The van der Waals surface area contributed by atoms with Crippen LogP contribution in [0.1, 0.15) is 5.56 Å². The largest absolute Gasteiger partial charge is 0.440 e. The van der Waals surface area contributed by atoms with Gasteiger partial charge in [0.05, 0.1) is 0 Å². The number of halogens is 3. The van der Waals surface area contributed by atoms with Gasteiger partial charge >= 0.3 is 6.55 Å². The number of benzene rings is 1. The fourth-order valence-electron chi connectivity index (χ4n) is 0.828. The van der Waals surface area contributed by atoms with Crippen LogP contribution in [0.15, 0.2) is 33.5 Å². The maximum Gasteiger partial charge on any atom is 0.311 e. The summed E-state index contributed by atoms with van der Waals surface area (Å²) in [6, 6.07) is 6.48. The van der Waals surface area contributed by atoms with Crippen molar-refractivity contribution in [2.24, 2.45) is 4.36 Å². The van der Waals surface area contributed by atoms with E-state index in [1.807, 2.05) is 0 Å². The van der Waals surface area contributed by atoms with E-state index < -0.39 is 17.1 Å². The zero-order valence-electron chi connectivity index (χ0n) is 6.99. The molecule has 6 heteroatoms. The molecule has 0 aliphatic carbocycles. The van der Waals surface area contributed by atoms with Gasteiger partial charge in [0.1, 0.15) is 0 Å². The fourth-order valence-corrected chi connectivity index (χ4v) is 1.84. The van der Waals surface area contributed by atoms with Gasteiger partial charge in [-0.25, -0.2) is 0 Å². The van der Waals surface area contributed by atoms with Crippen molar-refractivity contribution in [2.45, 2.75) is 16.8 Å². The molecule has 0 saturated heterocycles. The molecular formula is C8H7BrF2NOS-. The molecule has 0 saturated carbocycles. The minimum absolute atomic E-state index is 0.287. The third kappa shape index (κ3) is 3.34. The number of rotatable bonds is 3. The molecule has 0 atom stereocenters. The molecular weight excluding hydrogens is 276 g/mol. The molecule has 0 N–H and O–H groups in total. The summed E-state index contributed by atoms with van der Waals surface area (Å²) in [5.41, 5.74) is 0.989. The Bertz CT molecular complexity index is 373. The molecule has 0 spiro atoms. The van der Waals surface area contributed by atoms with E-state index in [0.717, 1.165) is 5.56 Å². The first-order valence-corrected chi connectivity index (χ1v) is 5.92. The van der Waals surface area contributed by atoms with Gasteiger partial charge in [0, 0.05) is 5.33 Å². The average Bonchev–Trinajstić information content (AvgIpc) is 2.17. The summed E-state index contributed by atoms with van der Waals surface area (Å²) in [5, 5.41) is 0.673. The van der Waals surface area contributed by atoms with Crippen molar-refractivity contribution in [1.29, 1.82) is 0 Å². The zero-order chi connectivity index (χ0) is 10.6. The van der Waals surface area contributed by atoms with E-state index in [1.54, 1.807) is 12.1 Å². The Labute approximate surface area is 90.7 Å². The van der Waals surface area contributed by atoms with Crippen LogP contribution in [0, 0.1) is 0 Å². The lowest BCUT2D eigenvalue weighted by atomic mass is 10.2. The SMILES string of the molecule is O=[S-](=NC(F)F)c1ccc(CBr)cc1. The Kier molecular flexibility index (Phi) is 4.47. The molecule has 0 aromatic heterocycles. The molecule has 0 fully saturated rings. The van der Waals surface area contributed by atoms with E-state index in [2.05, 4.69) is 20.3 Å². The standard InChI is InChI=1S/C8H7BrF2NOS/c9-5-6-1-3-7(4-2-6)14(13)12-8(10)11/h1-4,8H,5H2/q-1. The molecule has 0 aliphatic heterocycles. The van der Waals surface area contributed by atoms with Crippen molar-refractivity contribution < 1.29 is 13.0 Å². The quantitative estimate of drug-likeness (QED) is 0.475. The molecule has 1 rings (SSSR count). The highest BCUT2D eigenvalue weighted by Crippen LogP contribution is 2.10. The summed E-state index contributed by atoms with van der Waals surface area (Å²) in [6.07, 6.45) is 0. The summed E-state index contributed by atoms with van der Waals surface area (Å²) >= 11 is 3.24. The zero-order valence-corrected chi connectivity index (χ0v) is 9.39. The van der Waals surface area contributed by atoms with Crippen LogP contribution in [-0.4, -0.2) is 6.55 Å². The molecule has 14 heavy (non-hydrogen) atoms. The van der Waals surface area contributed by atoms with E-state index in [9.17, 15) is 13.0 Å². The van der Waals surface area contributed by atoms with Crippen molar-refractivity contribution in [3.63, 3.8) is 0 Å². The summed E-state index contributed by atoms with van der Waals surface area (Å²) < 4.78 is 37.3. The van der Waals surface area contributed by atoms with Gasteiger partial charge in [-0.15, -0.1) is 0 Å². The van der Waals surface area contributed by atoms with Crippen LogP contribution in [0.5, 0.6) is 0 Å². The second kappa shape index (κ2) is 5.41. The molecule has 0 unspecified atom stereocenters. The Morgan fingerprint density at radius 2 is 1.93 bits per heavy atom.